The highest BCUT2D eigenvalue weighted by molar-refractivity contribution is 6.17. The van der Waals surface area contributed by atoms with E-state index in [1.54, 1.807) is 0 Å². The fourth-order valence-corrected chi connectivity index (χ4v) is 6.64. The van der Waals surface area contributed by atoms with E-state index in [-0.39, 0.29) is 5.41 Å². The van der Waals surface area contributed by atoms with Gasteiger partial charge in [0, 0.05) is 28.9 Å². The van der Waals surface area contributed by atoms with Crippen molar-refractivity contribution < 1.29 is 0 Å². The molecule has 1 heterocycles. The summed E-state index contributed by atoms with van der Waals surface area (Å²) in [6, 6.07) is 42.4. The first-order chi connectivity index (χ1) is 19.1. The average Bonchev–Trinajstić information content (AvgIpc) is 3.22. The van der Waals surface area contributed by atoms with Crippen LogP contribution in [0.1, 0.15) is 25.0 Å². The van der Waals surface area contributed by atoms with Crippen molar-refractivity contribution >= 4 is 32.3 Å². The minimum Gasteiger partial charge on any atom is -0.263 e. The summed E-state index contributed by atoms with van der Waals surface area (Å²) in [4.78, 5) is 4.69. The Balaban J connectivity index is 1.25. The Morgan fingerprint density at radius 3 is 1.90 bits per heavy atom. The third-order valence-corrected chi connectivity index (χ3v) is 8.73. The topological polar surface area (TPSA) is 12.9 Å². The molecule has 0 N–H and O–H groups in total. The molecule has 0 saturated heterocycles. The van der Waals surface area contributed by atoms with Gasteiger partial charge in [0.2, 0.25) is 0 Å². The molecule has 0 radical (unpaired) electrons. The van der Waals surface area contributed by atoms with E-state index in [2.05, 4.69) is 129 Å². The molecule has 8 rings (SSSR count). The van der Waals surface area contributed by atoms with Gasteiger partial charge in [-0.15, -0.1) is 0 Å². The molecule has 6 aromatic carbocycles. The molecule has 0 unspecified atom stereocenters. The summed E-state index contributed by atoms with van der Waals surface area (Å²) in [5.74, 6) is 0. The molecule has 1 nitrogen and oxygen atoms in total. The molecule has 1 aliphatic carbocycles. The first-order valence-electron chi connectivity index (χ1n) is 13.6. The monoisotopic (exact) mass is 497 g/mol. The molecular weight excluding hydrogens is 470 g/mol. The minimum absolute atomic E-state index is 0.0173. The zero-order valence-corrected chi connectivity index (χ0v) is 22.1. The van der Waals surface area contributed by atoms with Crippen LogP contribution in [0.15, 0.2) is 128 Å². The highest BCUT2D eigenvalue weighted by Crippen LogP contribution is 2.49. The summed E-state index contributed by atoms with van der Waals surface area (Å²) in [5, 5.41) is 7.69. The van der Waals surface area contributed by atoms with Crippen molar-refractivity contribution in [1.82, 2.24) is 4.98 Å². The van der Waals surface area contributed by atoms with E-state index in [0.717, 1.165) is 11.1 Å². The molecule has 39 heavy (non-hydrogen) atoms. The van der Waals surface area contributed by atoms with Gasteiger partial charge in [-0.2, -0.15) is 0 Å². The van der Waals surface area contributed by atoms with E-state index in [4.69, 9.17) is 4.98 Å². The highest BCUT2D eigenvalue weighted by atomic mass is 14.6. The Kier molecular flexibility index (Phi) is 4.63. The first-order valence-corrected chi connectivity index (χ1v) is 13.6. The Hall–Kier alpha value is -4.75. The maximum Gasteiger partial charge on any atom is 0.0346 e. The summed E-state index contributed by atoms with van der Waals surface area (Å²) >= 11 is 0. The summed E-state index contributed by atoms with van der Waals surface area (Å²) in [6.07, 6.45) is 3.97. The lowest BCUT2D eigenvalue weighted by molar-refractivity contribution is 0.660. The highest BCUT2D eigenvalue weighted by Gasteiger charge is 2.35. The lowest BCUT2D eigenvalue weighted by atomic mass is 9.81. The summed E-state index contributed by atoms with van der Waals surface area (Å²) < 4.78 is 0. The van der Waals surface area contributed by atoms with Crippen molar-refractivity contribution in [1.29, 1.82) is 0 Å². The number of hydrogen-bond donors (Lipinski definition) is 0. The van der Waals surface area contributed by atoms with Crippen molar-refractivity contribution in [2.45, 2.75) is 19.3 Å². The maximum absolute atomic E-state index is 4.69. The fourth-order valence-electron chi connectivity index (χ4n) is 6.64. The second kappa shape index (κ2) is 8.12. The zero-order chi connectivity index (χ0) is 26.1. The maximum atomic E-state index is 4.69. The van der Waals surface area contributed by atoms with E-state index >= 15 is 0 Å². The van der Waals surface area contributed by atoms with Gasteiger partial charge in [0.05, 0.1) is 0 Å². The molecule has 0 fully saturated rings. The van der Waals surface area contributed by atoms with Crippen molar-refractivity contribution in [2.24, 2.45) is 0 Å². The second-order valence-corrected chi connectivity index (χ2v) is 11.3. The Labute approximate surface area is 228 Å². The number of aromatic nitrogens is 1. The molecule has 0 spiro atoms. The molecular formula is C38H27N. The van der Waals surface area contributed by atoms with E-state index in [1.807, 2.05) is 12.4 Å². The molecule has 1 heteroatoms. The van der Waals surface area contributed by atoms with Crippen molar-refractivity contribution in [3.8, 4) is 33.4 Å². The normalized spacial score (nSPS) is 13.6. The fraction of sp³-hybridized carbons (Fsp3) is 0.0789. The standard InChI is InChI=1S/C38H27N/c1-38(2)36-10-6-5-9-33(36)34-18-15-27(21-37(34)38)29-19-28(22-39-23-29)26-12-11-25-14-16-31-30-8-4-3-7-24(30)13-17-32(31)35(25)20-26/h3-23H,1-2H3. The molecule has 7 aromatic rings. The van der Waals surface area contributed by atoms with Gasteiger partial charge >= 0.3 is 0 Å². The molecule has 0 aliphatic heterocycles. The average molecular weight is 498 g/mol. The molecule has 1 aliphatic rings. The predicted molar refractivity (Wildman–Crippen MR) is 165 cm³/mol. The summed E-state index contributed by atoms with van der Waals surface area (Å²) in [6.45, 7) is 4.66. The largest absolute Gasteiger partial charge is 0.263 e. The van der Waals surface area contributed by atoms with Gasteiger partial charge in [-0.1, -0.05) is 111 Å². The van der Waals surface area contributed by atoms with Crippen LogP contribution in [0.3, 0.4) is 0 Å². The van der Waals surface area contributed by atoms with Crippen LogP contribution < -0.4 is 0 Å². The summed E-state index contributed by atoms with van der Waals surface area (Å²) in [7, 11) is 0. The van der Waals surface area contributed by atoms with Crippen LogP contribution in [0, 0.1) is 0 Å². The van der Waals surface area contributed by atoms with Gasteiger partial charge in [-0.05, 0) is 83.9 Å². The van der Waals surface area contributed by atoms with Gasteiger partial charge in [-0.3, -0.25) is 4.98 Å². The number of hydrogen-bond acceptors (Lipinski definition) is 1. The quantitative estimate of drug-likeness (QED) is 0.217. The van der Waals surface area contributed by atoms with Gasteiger partial charge in [-0.25, -0.2) is 0 Å². The van der Waals surface area contributed by atoms with Crippen LogP contribution in [-0.2, 0) is 5.41 Å². The first kappa shape index (κ1) is 22.3. The van der Waals surface area contributed by atoms with Gasteiger partial charge in [0.15, 0.2) is 0 Å². The van der Waals surface area contributed by atoms with Crippen LogP contribution in [0.4, 0.5) is 0 Å². The number of pyridine rings is 1. The number of fused-ring (bicyclic) bond motifs is 8. The molecule has 1 aromatic heterocycles. The SMILES string of the molecule is CC1(C)c2ccccc2-c2ccc(-c3cncc(-c4ccc5ccc6c7ccccc7ccc6c5c4)c3)cc21. The lowest BCUT2D eigenvalue weighted by Gasteiger charge is -2.22. The van der Waals surface area contributed by atoms with Gasteiger partial charge in [0.25, 0.3) is 0 Å². The van der Waals surface area contributed by atoms with Crippen molar-refractivity contribution in [2.75, 3.05) is 0 Å². The molecule has 0 bridgehead atoms. The van der Waals surface area contributed by atoms with Crippen molar-refractivity contribution in [3.05, 3.63) is 139 Å². The molecule has 0 atom stereocenters. The van der Waals surface area contributed by atoms with E-state index < -0.39 is 0 Å². The Morgan fingerprint density at radius 1 is 0.436 bits per heavy atom. The number of nitrogens with zero attached hydrogens (tertiary/aromatic N) is 1. The van der Waals surface area contributed by atoms with Crippen LogP contribution in [0.2, 0.25) is 0 Å². The van der Waals surface area contributed by atoms with Crippen LogP contribution in [-0.4, -0.2) is 4.98 Å². The zero-order valence-electron chi connectivity index (χ0n) is 22.1. The second-order valence-electron chi connectivity index (χ2n) is 11.3. The third-order valence-electron chi connectivity index (χ3n) is 8.73. The lowest BCUT2D eigenvalue weighted by Crippen LogP contribution is -2.14. The van der Waals surface area contributed by atoms with Crippen molar-refractivity contribution in [3.63, 3.8) is 0 Å². The van der Waals surface area contributed by atoms with Crippen LogP contribution in [0.5, 0.6) is 0 Å². The van der Waals surface area contributed by atoms with Crippen LogP contribution >= 0.6 is 0 Å². The molecule has 0 amide bonds. The minimum atomic E-state index is -0.0173. The molecule has 0 saturated carbocycles. The smallest absolute Gasteiger partial charge is 0.0346 e. The van der Waals surface area contributed by atoms with E-state index in [9.17, 15) is 0 Å². The van der Waals surface area contributed by atoms with E-state index in [0.29, 0.717) is 0 Å². The molecule has 184 valence electrons. The van der Waals surface area contributed by atoms with E-state index in [1.165, 1.54) is 65.7 Å². The predicted octanol–water partition coefficient (Wildman–Crippen LogP) is 10.2. The van der Waals surface area contributed by atoms with Gasteiger partial charge < -0.3 is 0 Å². The Morgan fingerprint density at radius 2 is 1.05 bits per heavy atom. The van der Waals surface area contributed by atoms with Gasteiger partial charge in [0.1, 0.15) is 0 Å². The third kappa shape index (κ3) is 3.30. The van der Waals surface area contributed by atoms with Crippen LogP contribution in [0.25, 0.3) is 65.7 Å². The number of benzene rings is 6. The Bertz CT molecular complexity index is 2100. The number of rotatable bonds is 2. The summed E-state index contributed by atoms with van der Waals surface area (Å²) in [5.41, 5.74) is 10.1.